The van der Waals surface area contributed by atoms with E-state index in [0.29, 0.717) is 29.0 Å². The molecular formula is C26H22N2O4. The maximum absolute atomic E-state index is 13.5. The Labute approximate surface area is 185 Å². The summed E-state index contributed by atoms with van der Waals surface area (Å²) >= 11 is 0. The van der Waals surface area contributed by atoms with Gasteiger partial charge in [-0.3, -0.25) is 14.5 Å². The number of para-hydroxylation sites is 1. The van der Waals surface area contributed by atoms with E-state index in [1.165, 1.54) is 0 Å². The average Bonchev–Trinajstić information content (AvgIpc) is 3.11. The van der Waals surface area contributed by atoms with Crippen molar-refractivity contribution in [1.82, 2.24) is 4.98 Å². The second kappa shape index (κ2) is 7.96. The van der Waals surface area contributed by atoms with Crippen molar-refractivity contribution in [2.75, 3.05) is 11.5 Å². The molecular weight excluding hydrogens is 404 g/mol. The molecule has 2 aromatic heterocycles. The maximum Gasteiger partial charge on any atom is 0.296 e. The smallest absolute Gasteiger partial charge is 0.296 e. The number of aryl methyl sites for hydroxylation is 1. The third kappa shape index (κ3) is 3.24. The van der Waals surface area contributed by atoms with Gasteiger partial charge in [-0.05, 0) is 60.9 Å². The Kier molecular flexibility index (Phi) is 4.98. The van der Waals surface area contributed by atoms with E-state index in [1.807, 2.05) is 50.2 Å². The van der Waals surface area contributed by atoms with E-state index in [1.54, 1.807) is 35.4 Å². The summed E-state index contributed by atoms with van der Waals surface area (Å²) < 4.78 is 11.7. The van der Waals surface area contributed by atoms with Crippen LogP contribution in [-0.4, -0.2) is 17.5 Å². The predicted molar refractivity (Wildman–Crippen MR) is 122 cm³/mol. The molecule has 6 nitrogen and oxygen atoms in total. The lowest BCUT2D eigenvalue weighted by Gasteiger charge is -2.24. The van der Waals surface area contributed by atoms with Crippen LogP contribution in [0, 0.1) is 6.92 Å². The largest absolute Gasteiger partial charge is 0.494 e. The second-order valence-electron chi connectivity index (χ2n) is 7.86. The highest BCUT2D eigenvalue weighted by atomic mass is 16.5. The minimum Gasteiger partial charge on any atom is -0.494 e. The van der Waals surface area contributed by atoms with Gasteiger partial charge in [-0.15, -0.1) is 0 Å². The topological polar surface area (TPSA) is 72.6 Å². The van der Waals surface area contributed by atoms with E-state index in [4.69, 9.17) is 9.15 Å². The number of nitrogens with zero attached hydrogens (tertiary/aromatic N) is 2. The van der Waals surface area contributed by atoms with Crippen molar-refractivity contribution in [3.05, 3.63) is 99.5 Å². The minimum absolute atomic E-state index is 0.0633. The van der Waals surface area contributed by atoms with E-state index in [9.17, 15) is 9.59 Å². The fourth-order valence-electron chi connectivity index (χ4n) is 4.09. The molecule has 0 saturated carbocycles. The number of anilines is 1. The van der Waals surface area contributed by atoms with E-state index < -0.39 is 6.04 Å². The first kappa shape index (κ1) is 20.0. The lowest BCUT2D eigenvalue weighted by atomic mass is 9.98. The van der Waals surface area contributed by atoms with Gasteiger partial charge in [0.25, 0.3) is 5.91 Å². The molecule has 0 radical (unpaired) electrons. The van der Waals surface area contributed by atoms with Gasteiger partial charge in [-0.25, -0.2) is 4.98 Å². The van der Waals surface area contributed by atoms with Gasteiger partial charge in [0.15, 0.2) is 5.43 Å². The zero-order valence-electron chi connectivity index (χ0n) is 17.9. The summed E-state index contributed by atoms with van der Waals surface area (Å²) in [7, 11) is 0. The first-order chi connectivity index (χ1) is 15.6. The first-order valence-electron chi connectivity index (χ1n) is 10.6. The van der Waals surface area contributed by atoms with Crippen molar-refractivity contribution in [2.24, 2.45) is 0 Å². The van der Waals surface area contributed by atoms with Crippen LogP contribution in [0.4, 0.5) is 5.82 Å². The lowest BCUT2D eigenvalue weighted by molar-refractivity contribution is 0.0970. The lowest BCUT2D eigenvalue weighted by Crippen LogP contribution is -2.30. The van der Waals surface area contributed by atoms with Crippen molar-refractivity contribution >= 4 is 22.7 Å². The van der Waals surface area contributed by atoms with Crippen LogP contribution in [0.15, 0.2) is 76.1 Å². The molecule has 32 heavy (non-hydrogen) atoms. The molecule has 6 heteroatoms. The van der Waals surface area contributed by atoms with Crippen LogP contribution >= 0.6 is 0 Å². The number of hydrogen-bond donors (Lipinski definition) is 0. The first-order valence-corrected chi connectivity index (χ1v) is 10.6. The molecule has 0 fully saturated rings. The van der Waals surface area contributed by atoms with E-state index >= 15 is 0 Å². The number of ether oxygens (including phenoxy) is 1. The van der Waals surface area contributed by atoms with E-state index in [0.717, 1.165) is 23.3 Å². The Morgan fingerprint density at radius 2 is 1.84 bits per heavy atom. The average molecular weight is 426 g/mol. The summed E-state index contributed by atoms with van der Waals surface area (Å²) in [5.74, 6) is 0.901. The van der Waals surface area contributed by atoms with Gasteiger partial charge in [-0.2, -0.15) is 0 Å². The van der Waals surface area contributed by atoms with Crippen LogP contribution < -0.4 is 15.1 Å². The minimum atomic E-state index is -0.645. The molecule has 5 rings (SSSR count). The number of aromatic nitrogens is 1. The van der Waals surface area contributed by atoms with Gasteiger partial charge in [0, 0.05) is 6.20 Å². The molecule has 1 aliphatic rings. The number of pyridine rings is 1. The molecule has 1 atom stereocenters. The van der Waals surface area contributed by atoms with Crippen LogP contribution in [-0.2, 0) is 0 Å². The molecule has 4 aromatic rings. The number of fused-ring (bicyclic) bond motifs is 2. The highest BCUT2D eigenvalue weighted by molar-refractivity contribution is 6.10. The number of carbonyl (C=O) groups excluding carboxylic acids is 1. The molecule has 0 unspecified atom stereocenters. The van der Waals surface area contributed by atoms with Gasteiger partial charge in [-0.1, -0.05) is 31.2 Å². The molecule has 0 spiro atoms. The van der Waals surface area contributed by atoms with Crippen molar-refractivity contribution in [1.29, 1.82) is 0 Å². The van der Waals surface area contributed by atoms with Gasteiger partial charge >= 0.3 is 0 Å². The van der Waals surface area contributed by atoms with Crippen molar-refractivity contribution in [3.8, 4) is 5.75 Å². The standard InChI is InChI=1S/C26H22N2O4/c1-3-14-31-18-10-8-17(9-11-18)23-22-24(29)19-6-4-5-7-20(19)32-25(22)26(30)28(23)21-15-16(2)12-13-27-21/h4-13,15,23H,3,14H2,1-2H3/t23-/m1/s1. The molecule has 1 amide bonds. The molecule has 1 aliphatic heterocycles. The van der Waals surface area contributed by atoms with Gasteiger partial charge in [0.2, 0.25) is 5.76 Å². The molecule has 160 valence electrons. The van der Waals surface area contributed by atoms with E-state index in [-0.39, 0.29) is 17.1 Å². The van der Waals surface area contributed by atoms with Crippen LogP contribution in [0.3, 0.4) is 0 Å². The maximum atomic E-state index is 13.5. The summed E-state index contributed by atoms with van der Waals surface area (Å²) in [5.41, 5.74) is 2.27. The fourth-order valence-corrected chi connectivity index (χ4v) is 4.09. The van der Waals surface area contributed by atoms with Crippen LogP contribution in [0.2, 0.25) is 0 Å². The SMILES string of the molecule is CCCOc1ccc([C@@H]2c3c(oc4ccccc4c3=O)C(=O)N2c2cc(C)ccn2)cc1. The van der Waals surface area contributed by atoms with Gasteiger partial charge in [0.1, 0.15) is 17.2 Å². The van der Waals surface area contributed by atoms with Crippen LogP contribution in [0.25, 0.3) is 11.0 Å². The number of hydrogen-bond acceptors (Lipinski definition) is 5. The monoisotopic (exact) mass is 426 g/mol. The van der Waals surface area contributed by atoms with Crippen molar-refractivity contribution in [2.45, 2.75) is 26.3 Å². The third-order valence-electron chi connectivity index (χ3n) is 5.59. The quantitative estimate of drug-likeness (QED) is 0.447. The molecule has 3 heterocycles. The summed E-state index contributed by atoms with van der Waals surface area (Å²) in [6.07, 6.45) is 2.57. The highest BCUT2D eigenvalue weighted by Crippen LogP contribution is 2.41. The highest BCUT2D eigenvalue weighted by Gasteiger charge is 2.44. The summed E-state index contributed by atoms with van der Waals surface area (Å²) in [4.78, 5) is 33.0. The van der Waals surface area contributed by atoms with Crippen molar-refractivity contribution < 1.29 is 13.9 Å². The van der Waals surface area contributed by atoms with E-state index in [2.05, 4.69) is 4.98 Å². The molecule has 0 saturated heterocycles. The van der Waals surface area contributed by atoms with Crippen molar-refractivity contribution in [3.63, 3.8) is 0 Å². The zero-order valence-corrected chi connectivity index (χ0v) is 17.9. The second-order valence-corrected chi connectivity index (χ2v) is 7.86. The zero-order chi connectivity index (χ0) is 22.2. The van der Waals surface area contributed by atoms with Gasteiger partial charge in [0.05, 0.1) is 23.6 Å². The Bertz CT molecular complexity index is 1370. The summed E-state index contributed by atoms with van der Waals surface area (Å²) in [6, 6.07) is 17.5. The fraction of sp³-hybridized carbons (Fsp3) is 0.192. The molecule has 0 N–H and O–H groups in total. The third-order valence-corrected chi connectivity index (χ3v) is 5.59. The Hall–Kier alpha value is -3.93. The number of carbonyl (C=O) groups is 1. The Balaban J connectivity index is 1.72. The Morgan fingerprint density at radius 1 is 1.06 bits per heavy atom. The molecule has 0 bridgehead atoms. The normalized spacial score (nSPS) is 15.2. The number of amides is 1. The number of benzene rings is 2. The van der Waals surface area contributed by atoms with Gasteiger partial charge < -0.3 is 9.15 Å². The van der Waals surface area contributed by atoms with Crippen LogP contribution in [0.1, 0.15) is 46.6 Å². The predicted octanol–water partition coefficient (Wildman–Crippen LogP) is 5.04. The number of rotatable bonds is 5. The summed E-state index contributed by atoms with van der Waals surface area (Å²) in [6.45, 7) is 4.61. The summed E-state index contributed by atoms with van der Waals surface area (Å²) in [5, 5.41) is 0.450. The van der Waals surface area contributed by atoms with Crippen LogP contribution in [0.5, 0.6) is 5.75 Å². The molecule has 2 aromatic carbocycles. The molecule has 0 aliphatic carbocycles. The Morgan fingerprint density at radius 3 is 2.59 bits per heavy atom.